The highest BCUT2D eigenvalue weighted by molar-refractivity contribution is 14.0. The maximum atomic E-state index is 5.44. The van der Waals surface area contributed by atoms with Gasteiger partial charge in [-0.25, -0.2) is 9.67 Å². The quantitative estimate of drug-likeness (QED) is 0.228. The first-order valence-electron chi connectivity index (χ1n) is 11.1. The maximum absolute atomic E-state index is 5.44. The molecule has 2 N–H and O–H groups in total. The fourth-order valence-corrected chi connectivity index (χ4v) is 3.99. The van der Waals surface area contributed by atoms with E-state index in [9.17, 15) is 0 Å². The van der Waals surface area contributed by atoms with E-state index >= 15 is 0 Å². The summed E-state index contributed by atoms with van der Waals surface area (Å²) in [6.07, 6.45) is 5.69. The molecule has 1 atom stereocenters. The number of halogens is 1. The molecule has 31 heavy (non-hydrogen) atoms. The van der Waals surface area contributed by atoms with E-state index in [1.165, 1.54) is 0 Å². The predicted octanol–water partition coefficient (Wildman–Crippen LogP) is 2.13. The van der Waals surface area contributed by atoms with E-state index < -0.39 is 0 Å². The first kappa shape index (κ1) is 24.0. The number of nitrogens with zero attached hydrogens (tertiary/aromatic N) is 5. The molecule has 2 aliphatic rings. The summed E-state index contributed by atoms with van der Waals surface area (Å²) >= 11 is 0. The van der Waals surface area contributed by atoms with Gasteiger partial charge in [0.1, 0.15) is 17.4 Å². The predicted molar refractivity (Wildman–Crippen MR) is 130 cm³/mol. The molecule has 2 aromatic rings. The molecule has 9 nitrogen and oxygen atoms in total. The van der Waals surface area contributed by atoms with Gasteiger partial charge >= 0.3 is 0 Å². The zero-order valence-corrected chi connectivity index (χ0v) is 20.6. The average Bonchev–Trinajstić information content (AvgIpc) is 3.41. The van der Waals surface area contributed by atoms with Gasteiger partial charge in [0.05, 0.1) is 25.5 Å². The van der Waals surface area contributed by atoms with Crippen LogP contribution >= 0.6 is 24.0 Å². The molecule has 0 aliphatic carbocycles. The standard InChI is InChI=1S/C21H33N7O2.HI/c1-17-24-20-19(6-2-11-28(20)26-17)25-21(23-9-7-18-5-3-14-30-18)22-8-4-10-27-12-15-29-16-13-27;/h3,5,14,19H,2,4,6-13,15-16H2,1H3,(H2,22,23,25);1H. The lowest BCUT2D eigenvalue weighted by Gasteiger charge is -2.26. The second-order valence-corrected chi connectivity index (χ2v) is 7.87. The lowest BCUT2D eigenvalue weighted by molar-refractivity contribution is 0.0377. The number of aromatic nitrogens is 3. The van der Waals surface area contributed by atoms with Crippen molar-refractivity contribution in [2.75, 3.05) is 45.9 Å². The van der Waals surface area contributed by atoms with Gasteiger partial charge in [0, 0.05) is 45.7 Å². The van der Waals surface area contributed by atoms with Crippen LogP contribution in [0.5, 0.6) is 0 Å². The molecule has 1 unspecified atom stereocenters. The van der Waals surface area contributed by atoms with Gasteiger partial charge < -0.3 is 19.8 Å². The van der Waals surface area contributed by atoms with Gasteiger partial charge in [-0.3, -0.25) is 9.89 Å². The molecule has 0 bridgehead atoms. The van der Waals surface area contributed by atoms with Crippen molar-refractivity contribution < 1.29 is 9.15 Å². The average molecular weight is 543 g/mol. The summed E-state index contributed by atoms with van der Waals surface area (Å²) in [5.41, 5.74) is 0. The summed E-state index contributed by atoms with van der Waals surface area (Å²) in [4.78, 5) is 11.9. The second kappa shape index (κ2) is 12.4. The number of aliphatic imine (C=N–C) groups is 1. The molecule has 4 heterocycles. The van der Waals surface area contributed by atoms with Gasteiger partial charge in [-0.05, 0) is 38.3 Å². The van der Waals surface area contributed by atoms with Gasteiger partial charge in [-0.2, -0.15) is 5.10 Å². The van der Waals surface area contributed by atoms with Crippen LogP contribution in [0.15, 0.2) is 27.8 Å². The minimum atomic E-state index is 0. The Morgan fingerprint density at radius 3 is 2.97 bits per heavy atom. The summed E-state index contributed by atoms with van der Waals surface area (Å²) in [7, 11) is 0. The van der Waals surface area contributed by atoms with Crippen LogP contribution in [-0.2, 0) is 17.7 Å². The Morgan fingerprint density at radius 1 is 1.29 bits per heavy atom. The smallest absolute Gasteiger partial charge is 0.191 e. The maximum Gasteiger partial charge on any atom is 0.191 e. The van der Waals surface area contributed by atoms with Crippen molar-refractivity contribution in [1.82, 2.24) is 30.3 Å². The summed E-state index contributed by atoms with van der Waals surface area (Å²) in [5, 5.41) is 11.6. The highest BCUT2D eigenvalue weighted by Gasteiger charge is 2.24. The van der Waals surface area contributed by atoms with E-state index in [0.29, 0.717) is 0 Å². The van der Waals surface area contributed by atoms with Crippen molar-refractivity contribution in [2.24, 2.45) is 4.99 Å². The van der Waals surface area contributed by atoms with Crippen molar-refractivity contribution in [3.63, 3.8) is 0 Å². The molecule has 10 heteroatoms. The third kappa shape index (κ3) is 7.18. The van der Waals surface area contributed by atoms with Crippen molar-refractivity contribution in [2.45, 2.75) is 45.2 Å². The van der Waals surface area contributed by atoms with E-state index in [2.05, 4.69) is 25.6 Å². The number of rotatable bonds is 8. The summed E-state index contributed by atoms with van der Waals surface area (Å²) in [5.74, 6) is 3.64. The van der Waals surface area contributed by atoms with Crippen molar-refractivity contribution in [3.8, 4) is 0 Å². The minimum Gasteiger partial charge on any atom is -0.469 e. The van der Waals surface area contributed by atoms with Crippen molar-refractivity contribution >= 4 is 29.9 Å². The van der Waals surface area contributed by atoms with Crippen LogP contribution in [0, 0.1) is 6.92 Å². The van der Waals surface area contributed by atoms with Crippen LogP contribution in [-0.4, -0.2) is 71.6 Å². The number of fused-ring (bicyclic) bond motifs is 1. The molecule has 1 fully saturated rings. The Morgan fingerprint density at radius 2 is 2.16 bits per heavy atom. The number of nitrogens with one attached hydrogen (secondary N) is 2. The van der Waals surface area contributed by atoms with Gasteiger partial charge in [0.25, 0.3) is 0 Å². The van der Waals surface area contributed by atoms with Crippen LogP contribution in [0.4, 0.5) is 0 Å². The lowest BCUT2D eigenvalue weighted by Crippen LogP contribution is -2.42. The Balaban J connectivity index is 0.00000272. The Labute approximate surface area is 201 Å². The fourth-order valence-electron chi connectivity index (χ4n) is 3.99. The zero-order valence-electron chi connectivity index (χ0n) is 18.3. The molecule has 0 radical (unpaired) electrons. The van der Waals surface area contributed by atoms with Gasteiger partial charge in [-0.15, -0.1) is 24.0 Å². The van der Waals surface area contributed by atoms with Crippen molar-refractivity contribution in [3.05, 3.63) is 35.8 Å². The van der Waals surface area contributed by atoms with Crippen LogP contribution in [0.3, 0.4) is 0 Å². The zero-order chi connectivity index (χ0) is 20.6. The molecule has 0 amide bonds. The first-order chi connectivity index (χ1) is 14.8. The molecule has 0 spiro atoms. The van der Waals surface area contributed by atoms with E-state index in [4.69, 9.17) is 14.1 Å². The SMILES string of the molecule is Cc1nc2n(n1)CCCC2NC(=NCCCN1CCOCC1)NCCc1ccco1.I. The second-order valence-electron chi connectivity index (χ2n) is 7.87. The van der Waals surface area contributed by atoms with Gasteiger partial charge in [0.15, 0.2) is 5.96 Å². The Hall–Kier alpha value is -1.66. The summed E-state index contributed by atoms with van der Waals surface area (Å²) < 4.78 is 12.9. The third-order valence-electron chi connectivity index (χ3n) is 5.54. The number of furan rings is 1. The summed E-state index contributed by atoms with van der Waals surface area (Å²) in [6, 6.07) is 4.06. The van der Waals surface area contributed by atoms with Crippen LogP contribution in [0.1, 0.15) is 42.7 Å². The van der Waals surface area contributed by atoms with Gasteiger partial charge in [-0.1, -0.05) is 0 Å². The van der Waals surface area contributed by atoms with Gasteiger partial charge in [0.2, 0.25) is 0 Å². The normalized spacial score (nSPS) is 19.5. The summed E-state index contributed by atoms with van der Waals surface area (Å²) in [6.45, 7) is 9.21. The number of ether oxygens (including phenoxy) is 1. The molecule has 0 saturated carbocycles. The largest absolute Gasteiger partial charge is 0.469 e. The van der Waals surface area contributed by atoms with Crippen LogP contribution in [0.25, 0.3) is 0 Å². The lowest BCUT2D eigenvalue weighted by atomic mass is 10.1. The van der Waals surface area contributed by atoms with Crippen molar-refractivity contribution in [1.29, 1.82) is 0 Å². The number of aryl methyl sites for hydroxylation is 2. The number of guanidine groups is 1. The molecule has 1 saturated heterocycles. The van der Waals surface area contributed by atoms with E-state index in [-0.39, 0.29) is 30.0 Å². The molecule has 172 valence electrons. The fraction of sp³-hybridized carbons (Fsp3) is 0.667. The molecule has 0 aromatic carbocycles. The minimum absolute atomic E-state index is 0. The van der Waals surface area contributed by atoms with Crippen LogP contribution in [0.2, 0.25) is 0 Å². The van der Waals surface area contributed by atoms with Crippen LogP contribution < -0.4 is 10.6 Å². The third-order valence-corrected chi connectivity index (χ3v) is 5.54. The molecule has 2 aliphatic heterocycles. The first-order valence-corrected chi connectivity index (χ1v) is 11.1. The number of hydrogen-bond donors (Lipinski definition) is 2. The molecule has 2 aromatic heterocycles. The molecular formula is C21H34IN7O2. The highest BCUT2D eigenvalue weighted by atomic mass is 127. The van der Waals surface area contributed by atoms with E-state index in [1.807, 2.05) is 23.7 Å². The topological polar surface area (TPSA) is 92.7 Å². The Kier molecular flexibility index (Phi) is 9.59. The Bertz CT molecular complexity index is 803. The molecular weight excluding hydrogens is 509 g/mol. The molecule has 4 rings (SSSR count). The van der Waals surface area contributed by atoms with E-state index in [1.54, 1.807) is 6.26 Å². The number of morpholine rings is 1. The monoisotopic (exact) mass is 543 g/mol. The van der Waals surface area contributed by atoms with E-state index in [0.717, 1.165) is 102 Å². The highest BCUT2D eigenvalue weighted by Crippen LogP contribution is 2.22. The number of hydrogen-bond acceptors (Lipinski definition) is 6.